The van der Waals surface area contributed by atoms with Gasteiger partial charge in [-0.05, 0) is 18.9 Å². The molecule has 0 amide bonds. The number of alkyl halides is 3. The molecule has 1 aromatic rings. The maximum Gasteiger partial charge on any atom is 0.419 e. The molecule has 1 saturated carbocycles. The molecule has 1 N–H and O–H groups in total. The number of aliphatic hydroxyl groups is 1. The normalized spacial score (nSPS) is 20.2. The quantitative estimate of drug-likeness (QED) is 0.738. The summed E-state index contributed by atoms with van der Waals surface area (Å²) in [6.07, 6.45) is 0.180. The minimum absolute atomic E-state index is 0.214. The van der Waals surface area contributed by atoms with Gasteiger partial charge in [-0.1, -0.05) is 44.2 Å². The smallest absolute Gasteiger partial charge is 0.385 e. The van der Waals surface area contributed by atoms with E-state index in [0.717, 1.165) is 25.3 Å². The van der Waals surface area contributed by atoms with Gasteiger partial charge in [-0.2, -0.15) is 13.2 Å². The van der Waals surface area contributed by atoms with E-state index in [4.69, 9.17) is 0 Å². The van der Waals surface area contributed by atoms with Crippen LogP contribution < -0.4 is 0 Å². The Kier molecular flexibility index (Phi) is 4.37. The van der Waals surface area contributed by atoms with Crippen LogP contribution in [0.4, 0.5) is 17.6 Å². The van der Waals surface area contributed by atoms with Crippen molar-refractivity contribution in [1.82, 2.24) is 0 Å². The van der Waals surface area contributed by atoms with Gasteiger partial charge in [0.2, 0.25) is 0 Å². The molecule has 1 aliphatic rings. The van der Waals surface area contributed by atoms with E-state index in [1.54, 1.807) is 0 Å². The van der Waals surface area contributed by atoms with Crippen molar-refractivity contribution >= 4 is 0 Å². The highest BCUT2D eigenvalue weighted by Crippen LogP contribution is 2.40. The van der Waals surface area contributed by atoms with Crippen LogP contribution in [0.1, 0.15) is 56.1 Å². The Morgan fingerprint density at radius 2 is 1.50 bits per heavy atom. The fourth-order valence-corrected chi connectivity index (χ4v) is 2.87. The largest absolute Gasteiger partial charge is 0.419 e. The van der Waals surface area contributed by atoms with Gasteiger partial charge in [-0.3, -0.25) is 0 Å². The predicted octanol–water partition coefficient (Wildman–Crippen LogP) is 4.78. The van der Waals surface area contributed by atoms with Gasteiger partial charge in [0.05, 0.1) is 11.2 Å². The topological polar surface area (TPSA) is 20.2 Å². The molecule has 5 heteroatoms. The Morgan fingerprint density at radius 3 is 2.05 bits per heavy atom. The number of hydrogen-bond donors (Lipinski definition) is 1. The zero-order valence-corrected chi connectivity index (χ0v) is 11.1. The minimum atomic E-state index is -4.74. The molecule has 112 valence electrons. The van der Waals surface area contributed by atoms with Crippen LogP contribution in [0.5, 0.6) is 0 Å². The van der Waals surface area contributed by atoms with Crippen LogP contribution in [0, 0.1) is 5.82 Å². The fourth-order valence-electron chi connectivity index (χ4n) is 2.87. The fraction of sp³-hybridized carbons (Fsp3) is 0.600. The van der Waals surface area contributed by atoms with Gasteiger partial charge in [-0.15, -0.1) is 0 Å². The molecule has 1 nitrogen and oxygen atoms in total. The van der Waals surface area contributed by atoms with Gasteiger partial charge in [-0.25, -0.2) is 4.39 Å². The number of halogens is 4. The van der Waals surface area contributed by atoms with E-state index in [-0.39, 0.29) is 5.56 Å². The highest BCUT2D eigenvalue weighted by molar-refractivity contribution is 5.32. The van der Waals surface area contributed by atoms with Gasteiger partial charge in [0.1, 0.15) is 5.82 Å². The molecule has 1 fully saturated rings. The third-order valence-corrected chi connectivity index (χ3v) is 3.99. The average molecular weight is 290 g/mol. The summed E-state index contributed by atoms with van der Waals surface area (Å²) in [7, 11) is 0. The Hall–Kier alpha value is -1.10. The first-order valence-electron chi connectivity index (χ1n) is 6.93. The molecule has 0 bridgehead atoms. The van der Waals surface area contributed by atoms with Crippen LogP contribution in [0.3, 0.4) is 0 Å². The van der Waals surface area contributed by atoms with Crippen molar-refractivity contribution in [2.75, 3.05) is 0 Å². The van der Waals surface area contributed by atoms with Gasteiger partial charge in [0.25, 0.3) is 0 Å². The summed E-state index contributed by atoms with van der Waals surface area (Å²) in [6.45, 7) is 0. The lowest BCUT2D eigenvalue weighted by atomic mass is 9.81. The van der Waals surface area contributed by atoms with Gasteiger partial charge >= 0.3 is 6.18 Å². The second kappa shape index (κ2) is 5.72. The third-order valence-electron chi connectivity index (χ3n) is 3.99. The van der Waals surface area contributed by atoms with Crippen molar-refractivity contribution < 1.29 is 22.7 Å². The molecule has 0 aromatic heterocycles. The van der Waals surface area contributed by atoms with Crippen LogP contribution in [0.15, 0.2) is 18.2 Å². The van der Waals surface area contributed by atoms with Crippen LogP contribution >= 0.6 is 0 Å². The summed E-state index contributed by atoms with van der Waals surface area (Å²) in [6, 6.07) is 3.15. The summed E-state index contributed by atoms with van der Waals surface area (Å²) < 4.78 is 52.4. The van der Waals surface area contributed by atoms with E-state index in [0.29, 0.717) is 31.7 Å². The first-order chi connectivity index (χ1) is 9.34. The molecular formula is C15H18F4O. The first kappa shape index (κ1) is 15.3. The molecule has 0 saturated heterocycles. The molecular weight excluding hydrogens is 272 g/mol. The molecule has 0 aliphatic heterocycles. The Labute approximate surface area is 115 Å². The lowest BCUT2D eigenvalue weighted by Gasteiger charge is -2.31. The summed E-state index contributed by atoms with van der Waals surface area (Å²) in [5, 5.41) is 10.6. The molecule has 0 atom stereocenters. The molecule has 1 aromatic carbocycles. The standard InChI is InChI=1S/C15H18F4O/c16-13-11(7-6-8-12(13)15(17,18)19)14(20)9-4-2-1-3-5-10-14/h6-8,20H,1-5,9-10H2. The van der Waals surface area contributed by atoms with E-state index in [1.807, 2.05) is 0 Å². The van der Waals surface area contributed by atoms with Crippen LogP contribution in [-0.4, -0.2) is 5.11 Å². The van der Waals surface area contributed by atoms with E-state index >= 15 is 0 Å². The monoisotopic (exact) mass is 290 g/mol. The SMILES string of the molecule is OC1(c2cccc(C(F)(F)F)c2F)CCCCCCC1. The maximum atomic E-state index is 14.2. The van der Waals surface area contributed by atoms with Crippen molar-refractivity contribution in [3.05, 3.63) is 35.1 Å². The Bertz CT molecular complexity index is 459. The molecule has 1 aliphatic carbocycles. The lowest BCUT2D eigenvalue weighted by molar-refractivity contribution is -0.140. The van der Waals surface area contributed by atoms with Crippen LogP contribution in [-0.2, 0) is 11.8 Å². The Balaban J connectivity index is 2.40. The zero-order valence-electron chi connectivity index (χ0n) is 11.1. The molecule has 0 radical (unpaired) electrons. The predicted molar refractivity (Wildman–Crippen MR) is 67.6 cm³/mol. The van der Waals surface area contributed by atoms with E-state index in [9.17, 15) is 22.7 Å². The van der Waals surface area contributed by atoms with Crippen molar-refractivity contribution in [2.45, 2.75) is 56.7 Å². The van der Waals surface area contributed by atoms with Crippen molar-refractivity contribution in [1.29, 1.82) is 0 Å². The third kappa shape index (κ3) is 3.14. The van der Waals surface area contributed by atoms with Gasteiger partial charge in [0, 0.05) is 5.56 Å². The zero-order chi connectivity index (χ0) is 14.8. The lowest BCUT2D eigenvalue weighted by Crippen LogP contribution is -2.29. The van der Waals surface area contributed by atoms with E-state index in [1.165, 1.54) is 6.07 Å². The summed E-state index contributed by atoms with van der Waals surface area (Å²) in [4.78, 5) is 0. The molecule has 0 spiro atoms. The first-order valence-corrected chi connectivity index (χ1v) is 6.93. The summed E-state index contributed by atoms with van der Waals surface area (Å²) in [5.41, 5.74) is -2.99. The second-order valence-corrected chi connectivity index (χ2v) is 5.46. The van der Waals surface area contributed by atoms with E-state index in [2.05, 4.69) is 0 Å². The summed E-state index contributed by atoms with van der Waals surface area (Å²) >= 11 is 0. The number of benzene rings is 1. The maximum absolute atomic E-state index is 14.2. The van der Waals surface area contributed by atoms with Crippen molar-refractivity contribution in [3.8, 4) is 0 Å². The highest BCUT2D eigenvalue weighted by atomic mass is 19.4. The van der Waals surface area contributed by atoms with Crippen LogP contribution in [0.2, 0.25) is 0 Å². The summed E-state index contributed by atoms with van der Waals surface area (Å²) in [5.74, 6) is -1.33. The van der Waals surface area contributed by atoms with Gasteiger partial charge in [0.15, 0.2) is 0 Å². The molecule has 2 rings (SSSR count). The van der Waals surface area contributed by atoms with Crippen molar-refractivity contribution in [3.63, 3.8) is 0 Å². The van der Waals surface area contributed by atoms with E-state index < -0.39 is 23.2 Å². The average Bonchev–Trinajstić information content (AvgIpc) is 2.33. The van der Waals surface area contributed by atoms with Gasteiger partial charge < -0.3 is 5.11 Å². The Morgan fingerprint density at radius 1 is 0.950 bits per heavy atom. The van der Waals surface area contributed by atoms with Crippen LogP contribution in [0.25, 0.3) is 0 Å². The number of rotatable bonds is 1. The molecule has 0 unspecified atom stereocenters. The second-order valence-electron chi connectivity index (χ2n) is 5.46. The molecule has 20 heavy (non-hydrogen) atoms. The number of hydrogen-bond acceptors (Lipinski definition) is 1. The van der Waals surface area contributed by atoms with Crippen molar-refractivity contribution in [2.24, 2.45) is 0 Å². The minimum Gasteiger partial charge on any atom is -0.385 e. The highest BCUT2D eigenvalue weighted by Gasteiger charge is 2.39. The molecule has 0 heterocycles.